The van der Waals surface area contributed by atoms with Gasteiger partial charge in [-0.3, -0.25) is 4.79 Å². The lowest BCUT2D eigenvalue weighted by Gasteiger charge is -2.33. The molecule has 1 aromatic rings. The molecular formula is C20H32N4O2. The standard InChI is InChI=1S/C20H32N4O2/c1-23(2)19-20(22-13-12-21-19)26-17-9-6-14-24(15-17)18(25)11-10-16-7-4-3-5-8-16/h12-13,16-17H,3-11,14-15H2,1-2H3. The van der Waals surface area contributed by atoms with E-state index in [2.05, 4.69) is 9.97 Å². The molecule has 0 aromatic carbocycles. The highest BCUT2D eigenvalue weighted by molar-refractivity contribution is 5.76. The van der Waals surface area contributed by atoms with Crippen molar-refractivity contribution in [1.29, 1.82) is 0 Å². The van der Waals surface area contributed by atoms with Gasteiger partial charge in [0.25, 0.3) is 5.88 Å². The maximum atomic E-state index is 12.6. The Hall–Kier alpha value is -1.85. The number of carbonyl (C=O) groups is 1. The van der Waals surface area contributed by atoms with E-state index in [1.54, 1.807) is 12.4 Å². The minimum Gasteiger partial charge on any atom is -0.470 e. The average Bonchev–Trinajstić information content (AvgIpc) is 2.67. The minimum atomic E-state index is -0.00206. The van der Waals surface area contributed by atoms with E-state index < -0.39 is 0 Å². The summed E-state index contributed by atoms with van der Waals surface area (Å²) >= 11 is 0. The number of nitrogens with zero attached hydrogens (tertiary/aromatic N) is 4. The molecule has 0 N–H and O–H groups in total. The second-order valence-electron chi connectivity index (χ2n) is 7.84. The van der Waals surface area contributed by atoms with Crippen molar-refractivity contribution in [3.63, 3.8) is 0 Å². The molecule has 1 unspecified atom stereocenters. The Morgan fingerprint density at radius 1 is 1.15 bits per heavy atom. The van der Waals surface area contributed by atoms with Gasteiger partial charge in [-0.15, -0.1) is 0 Å². The van der Waals surface area contributed by atoms with Gasteiger partial charge >= 0.3 is 0 Å². The highest BCUT2D eigenvalue weighted by Gasteiger charge is 2.26. The van der Waals surface area contributed by atoms with Crippen molar-refractivity contribution >= 4 is 11.7 Å². The third kappa shape index (κ3) is 5.08. The lowest BCUT2D eigenvalue weighted by atomic mass is 9.86. The number of piperidine rings is 1. The quantitative estimate of drug-likeness (QED) is 0.779. The van der Waals surface area contributed by atoms with Gasteiger partial charge in [-0.05, 0) is 25.2 Å². The van der Waals surface area contributed by atoms with E-state index in [1.165, 1.54) is 32.1 Å². The zero-order chi connectivity index (χ0) is 18.4. The van der Waals surface area contributed by atoms with Crippen molar-refractivity contribution in [3.05, 3.63) is 12.4 Å². The average molecular weight is 361 g/mol. The smallest absolute Gasteiger partial charge is 0.257 e. The van der Waals surface area contributed by atoms with Gasteiger partial charge in [0.15, 0.2) is 5.82 Å². The van der Waals surface area contributed by atoms with Crippen molar-refractivity contribution in [2.75, 3.05) is 32.1 Å². The van der Waals surface area contributed by atoms with Crippen molar-refractivity contribution in [2.45, 2.75) is 63.9 Å². The molecule has 0 bridgehead atoms. The summed E-state index contributed by atoms with van der Waals surface area (Å²) < 4.78 is 6.11. The fourth-order valence-electron chi connectivity index (χ4n) is 4.09. The largest absolute Gasteiger partial charge is 0.470 e. The van der Waals surface area contributed by atoms with E-state index in [9.17, 15) is 4.79 Å². The van der Waals surface area contributed by atoms with Crippen LogP contribution in [-0.2, 0) is 4.79 Å². The predicted octanol–water partition coefficient (Wildman–Crippen LogP) is 3.27. The molecule has 1 aromatic heterocycles. The van der Waals surface area contributed by atoms with Crippen LogP contribution in [0.1, 0.15) is 57.8 Å². The maximum Gasteiger partial charge on any atom is 0.257 e. The SMILES string of the molecule is CN(C)c1nccnc1OC1CCCN(C(=O)CCC2CCCCC2)C1. The topological polar surface area (TPSA) is 58.6 Å². The molecule has 3 rings (SSSR count). The van der Waals surface area contributed by atoms with Crippen LogP contribution in [0.2, 0.25) is 0 Å². The van der Waals surface area contributed by atoms with Gasteiger partial charge in [0.2, 0.25) is 5.91 Å². The maximum absolute atomic E-state index is 12.6. The summed E-state index contributed by atoms with van der Waals surface area (Å²) in [4.78, 5) is 25.2. The van der Waals surface area contributed by atoms with Gasteiger partial charge in [0.05, 0.1) is 6.54 Å². The first-order chi connectivity index (χ1) is 12.6. The van der Waals surface area contributed by atoms with E-state index in [1.807, 2.05) is 23.9 Å². The Bertz CT molecular complexity index is 587. The van der Waals surface area contributed by atoms with Crippen LogP contribution >= 0.6 is 0 Å². The van der Waals surface area contributed by atoms with Gasteiger partial charge < -0.3 is 14.5 Å². The van der Waals surface area contributed by atoms with Crippen molar-refractivity contribution in [1.82, 2.24) is 14.9 Å². The molecule has 6 nitrogen and oxygen atoms in total. The first kappa shape index (κ1) is 18.9. The molecule has 2 aliphatic rings. The summed E-state index contributed by atoms with van der Waals surface area (Å²) in [5.41, 5.74) is 0. The van der Waals surface area contributed by atoms with E-state index >= 15 is 0 Å². The van der Waals surface area contributed by atoms with Crippen LogP contribution in [0.3, 0.4) is 0 Å². The van der Waals surface area contributed by atoms with Crippen LogP contribution in [-0.4, -0.2) is 54.1 Å². The summed E-state index contributed by atoms with van der Waals surface area (Å²) in [6.07, 6.45) is 13.6. The molecule has 144 valence electrons. The Labute approximate surface area is 156 Å². The fraction of sp³-hybridized carbons (Fsp3) is 0.750. The van der Waals surface area contributed by atoms with Crippen LogP contribution in [0, 0.1) is 5.92 Å². The molecule has 1 saturated heterocycles. The van der Waals surface area contributed by atoms with Gasteiger partial charge in [-0.2, -0.15) is 0 Å². The molecule has 1 atom stereocenters. The third-order valence-corrected chi connectivity index (χ3v) is 5.57. The third-order valence-electron chi connectivity index (χ3n) is 5.57. The second kappa shape index (κ2) is 9.19. The molecule has 2 heterocycles. The molecule has 1 aliphatic carbocycles. The number of rotatable bonds is 6. The van der Waals surface area contributed by atoms with Gasteiger partial charge in [0, 0.05) is 39.5 Å². The molecule has 1 aliphatic heterocycles. The van der Waals surface area contributed by atoms with Gasteiger partial charge in [-0.1, -0.05) is 32.1 Å². The number of amides is 1. The second-order valence-corrected chi connectivity index (χ2v) is 7.84. The van der Waals surface area contributed by atoms with E-state index in [0.717, 1.165) is 37.5 Å². The number of aromatic nitrogens is 2. The summed E-state index contributed by atoms with van der Waals surface area (Å²) in [5.74, 6) is 2.33. The first-order valence-electron chi connectivity index (χ1n) is 10.1. The zero-order valence-corrected chi connectivity index (χ0v) is 16.2. The van der Waals surface area contributed by atoms with E-state index in [4.69, 9.17) is 4.74 Å². The normalized spacial score (nSPS) is 21.5. The molecule has 1 saturated carbocycles. The lowest BCUT2D eigenvalue weighted by Crippen LogP contribution is -2.44. The predicted molar refractivity (Wildman–Crippen MR) is 102 cm³/mol. The van der Waals surface area contributed by atoms with Crippen molar-refractivity contribution in [3.8, 4) is 5.88 Å². The summed E-state index contributed by atoms with van der Waals surface area (Å²) in [5, 5.41) is 0. The number of anilines is 1. The van der Waals surface area contributed by atoms with Crippen LogP contribution in [0.15, 0.2) is 12.4 Å². The lowest BCUT2D eigenvalue weighted by molar-refractivity contribution is -0.134. The summed E-state index contributed by atoms with van der Waals surface area (Å²) in [6, 6.07) is 0. The van der Waals surface area contributed by atoms with Gasteiger partial charge in [-0.25, -0.2) is 9.97 Å². The first-order valence-corrected chi connectivity index (χ1v) is 10.1. The molecule has 0 spiro atoms. The molecule has 1 amide bonds. The van der Waals surface area contributed by atoms with Crippen molar-refractivity contribution in [2.24, 2.45) is 5.92 Å². The number of hydrogen-bond acceptors (Lipinski definition) is 5. The number of hydrogen-bond donors (Lipinski definition) is 0. The zero-order valence-electron chi connectivity index (χ0n) is 16.2. The van der Waals surface area contributed by atoms with Crippen molar-refractivity contribution < 1.29 is 9.53 Å². The molecular weight excluding hydrogens is 328 g/mol. The monoisotopic (exact) mass is 360 g/mol. The highest BCUT2D eigenvalue weighted by atomic mass is 16.5. The van der Waals surface area contributed by atoms with E-state index in [0.29, 0.717) is 18.8 Å². The molecule has 0 radical (unpaired) electrons. The van der Waals surface area contributed by atoms with Crippen LogP contribution in [0.5, 0.6) is 5.88 Å². The Morgan fingerprint density at radius 3 is 2.69 bits per heavy atom. The molecule has 2 fully saturated rings. The molecule has 6 heteroatoms. The Balaban J connectivity index is 1.51. The number of carbonyl (C=O) groups excluding carboxylic acids is 1. The Morgan fingerprint density at radius 2 is 1.92 bits per heavy atom. The summed E-state index contributed by atoms with van der Waals surface area (Å²) in [7, 11) is 3.86. The van der Waals surface area contributed by atoms with Crippen LogP contribution < -0.4 is 9.64 Å². The highest BCUT2D eigenvalue weighted by Crippen LogP contribution is 2.28. The molecule has 26 heavy (non-hydrogen) atoms. The van der Waals surface area contributed by atoms with E-state index in [-0.39, 0.29) is 12.0 Å². The minimum absolute atomic E-state index is 0.00206. The van der Waals surface area contributed by atoms with Gasteiger partial charge in [0.1, 0.15) is 6.10 Å². The fourth-order valence-corrected chi connectivity index (χ4v) is 4.09. The van der Waals surface area contributed by atoms with Crippen LogP contribution in [0.25, 0.3) is 0 Å². The summed E-state index contributed by atoms with van der Waals surface area (Å²) in [6.45, 7) is 1.51. The number of likely N-dealkylation sites (tertiary alicyclic amines) is 1. The number of ether oxygens (including phenoxy) is 1. The Kier molecular flexibility index (Phi) is 6.69. The van der Waals surface area contributed by atoms with Crippen LogP contribution in [0.4, 0.5) is 5.82 Å².